The summed E-state index contributed by atoms with van der Waals surface area (Å²) in [7, 11) is 2.07. The second-order valence-corrected chi connectivity index (χ2v) is 9.93. The SMILES string of the molecule is CC(C)CC(=O)N1CCCN(C)CCN(C(=O)CCc2nnc(C(C)C)o2)Cc2ccccc21. The third kappa shape index (κ3) is 7.13. The summed E-state index contributed by atoms with van der Waals surface area (Å²) in [4.78, 5) is 32.5. The number of amides is 2. The largest absolute Gasteiger partial charge is 0.425 e. The summed E-state index contributed by atoms with van der Waals surface area (Å²) in [5.41, 5.74) is 1.91. The fourth-order valence-corrected chi connectivity index (χ4v) is 4.12. The van der Waals surface area contributed by atoms with Crippen molar-refractivity contribution in [3.05, 3.63) is 41.6 Å². The zero-order valence-corrected chi connectivity index (χ0v) is 21.3. The number of carbonyl (C=O) groups is 2. The molecule has 0 N–H and O–H groups in total. The van der Waals surface area contributed by atoms with Crippen molar-refractivity contribution in [1.29, 1.82) is 0 Å². The highest BCUT2D eigenvalue weighted by Crippen LogP contribution is 2.25. The van der Waals surface area contributed by atoms with Crippen molar-refractivity contribution < 1.29 is 14.0 Å². The van der Waals surface area contributed by atoms with E-state index < -0.39 is 0 Å². The van der Waals surface area contributed by atoms with Gasteiger partial charge in [0.2, 0.25) is 23.6 Å². The van der Waals surface area contributed by atoms with Gasteiger partial charge >= 0.3 is 0 Å². The first-order valence-electron chi connectivity index (χ1n) is 12.4. The van der Waals surface area contributed by atoms with Gasteiger partial charge in [0.05, 0.1) is 0 Å². The fraction of sp³-hybridized carbons (Fsp3) is 0.615. The van der Waals surface area contributed by atoms with Crippen LogP contribution < -0.4 is 4.90 Å². The number of aryl methyl sites for hydroxylation is 1. The maximum Gasteiger partial charge on any atom is 0.227 e. The molecule has 1 aliphatic heterocycles. The first-order chi connectivity index (χ1) is 16.2. The van der Waals surface area contributed by atoms with Crippen LogP contribution in [-0.4, -0.2) is 65.0 Å². The predicted octanol–water partition coefficient (Wildman–Crippen LogP) is 3.87. The van der Waals surface area contributed by atoms with Crippen LogP contribution in [0.2, 0.25) is 0 Å². The van der Waals surface area contributed by atoms with E-state index in [-0.39, 0.29) is 17.7 Å². The van der Waals surface area contributed by atoms with E-state index in [0.29, 0.717) is 56.6 Å². The van der Waals surface area contributed by atoms with Crippen molar-refractivity contribution in [3.63, 3.8) is 0 Å². The third-order valence-electron chi connectivity index (χ3n) is 6.08. The molecule has 2 aromatic rings. The number of hydrogen-bond acceptors (Lipinski definition) is 6. The van der Waals surface area contributed by atoms with Crippen molar-refractivity contribution in [2.75, 3.05) is 38.1 Å². The number of para-hydroxylation sites is 1. The summed E-state index contributed by atoms with van der Waals surface area (Å²) >= 11 is 0. The molecule has 2 heterocycles. The molecule has 1 aromatic carbocycles. The van der Waals surface area contributed by atoms with Gasteiger partial charge in [0.1, 0.15) is 0 Å². The molecule has 1 aromatic heterocycles. The number of benzene rings is 1. The van der Waals surface area contributed by atoms with Crippen LogP contribution in [0.5, 0.6) is 0 Å². The van der Waals surface area contributed by atoms with E-state index in [1.54, 1.807) is 0 Å². The van der Waals surface area contributed by atoms with Crippen molar-refractivity contribution in [3.8, 4) is 0 Å². The lowest BCUT2D eigenvalue weighted by atomic mass is 10.1. The van der Waals surface area contributed by atoms with E-state index >= 15 is 0 Å². The maximum absolute atomic E-state index is 13.3. The molecule has 0 unspecified atom stereocenters. The van der Waals surface area contributed by atoms with E-state index in [9.17, 15) is 9.59 Å². The minimum Gasteiger partial charge on any atom is -0.425 e. The van der Waals surface area contributed by atoms with Gasteiger partial charge in [0.25, 0.3) is 0 Å². The van der Waals surface area contributed by atoms with E-state index in [2.05, 4.69) is 36.0 Å². The van der Waals surface area contributed by atoms with Crippen LogP contribution in [0, 0.1) is 5.92 Å². The van der Waals surface area contributed by atoms with Gasteiger partial charge in [-0.25, -0.2) is 0 Å². The molecule has 0 aliphatic carbocycles. The molecular weight excluding hydrogens is 430 g/mol. The smallest absolute Gasteiger partial charge is 0.227 e. The van der Waals surface area contributed by atoms with Crippen LogP contribution in [0.1, 0.15) is 70.2 Å². The molecule has 0 radical (unpaired) electrons. The number of likely N-dealkylation sites (N-methyl/N-ethyl adjacent to an activating group) is 1. The molecule has 0 bridgehead atoms. The Hall–Kier alpha value is -2.74. The van der Waals surface area contributed by atoms with Crippen LogP contribution in [0.15, 0.2) is 28.7 Å². The van der Waals surface area contributed by atoms with E-state index in [1.807, 2.05) is 47.9 Å². The molecule has 8 heteroatoms. The molecule has 34 heavy (non-hydrogen) atoms. The molecule has 0 saturated heterocycles. The summed E-state index contributed by atoms with van der Waals surface area (Å²) in [6.45, 7) is 11.6. The number of anilines is 1. The summed E-state index contributed by atoms with van der Waals surface area (Å²) in [5.74, 6) is 1.74. The first-order valence-corrected chi connectivity index (χ1v) is 12.4. The molecular formula is C26H39N5O3. The van der Waals surface area contributed by atoms with Crippen LogP contribution in [0.3, 0.4) is 0 Å². The summed E-state index contributed by atoms with van der Waals surface area (Å²) in [5, 5.41) is 8.15. The molecule has 2 amide bonds. The Labute approximate surface area is 203 Å². The Bertz CT molecular complexity index is 955. The van der Waals surface area contributed by atoms with Crippen LogP contribution in [0.25, 0.3) is 0 Å². The highest BCUT2D eigenvalue weighted by Gasteiger charge is 2.23. The highest BCUT2D eigenvalue weighted by molar-refractivity contribution is 5.94. The number of carbonyl (C=O) groups excluding carboxylic acids is 2. The Morgan fingerprint density at radius 1 is 1.00 bits per heavy atom. The topological polar surface area (TPSA) is 82.8 Å². The number of fused-ring (bicyclic) bond motifs is 1. The monoisotopic (exact) mass is 469 g/mol. The van der Waals surface area contributed by atoms with Gasteiger partial charge in [-0.15, -0.1) is 10.2 Å². The lowest BCUT2D eigenvalue weighted by Gasteiger charge is -2.28. The van der Waals surface area contributed by atoms with Crippen molar-refractivity contribution in [2.24, 2.45) is 5.92 Å². The number of nitrogens with zero attached hydrogens (tertiary/aromatic N) is 5. The summed E-state index contributed by atoms with van der Waals surface area (Å²) in [6, 6.07) is 7.97. The Balaban J connectivity index is 1.80. The van der Waals surface area contributed by atoms with Gasteiger partial charge in [-0.1, -0.05) is 45.9 Å². The van der Waals surface area contributed by atoms with Crippen molar-refractivity contribution >= 4 is 17.5 Å². The first kappa shape index (κ1) is 25.9. The molecule has 186 valence electrons. The minimum atomic E-state index is 0.0480. The number of aromatic nitrogens is 2. The van der Waals surface area contributed by atoms with E-state index in [0.717, 1.165) is 30.8 Å². The lowest BCUT2D eigenvalue weighted by molar-refractivity contribution is -0.132. The second kappa shape index (κ2) is 12.1. The molecule has 0 spiro atoms. The Morgan fingerprint density at radius 2 is 1.76 bits per heavy atom. The third-order valence-corrected chi connectivity index (χ3v) is 6.08. The Kier molecular flexibility index (Phi) is 9.21. The highest BCUT2D eigenvalue weighted by atomic mass is 16.4. The fourth-order valence-electron chi connectivity index (χ4n) is 4.12. The van der Waals surface area contributed by atoms with Crippen LogP contribution in [0.4, 0.5) is 5.69 Å². The Morgan fingerprint density at radius 3 is 2.47 bits per heavy atom. The number of hydrogen-bond donors (Lipinski definition) is 0. The van der Waals surface area contributed by atoms with Crippen molar-refractivity contribution in [1.82, 2.24) is 20.0 Å². The minimum absolute atomic E-state index is 0.0480. The van der Waals surface area contributed by atoms with Gasteiger partial charge in [-0.05, 0) is 37.6 Å². The summed E-state index contributed by atoms with van der Waals surface area (Å²) in [6.07, 6.45) is 2.13. The lowest BCUT2D eigenvalue weighted by Crippen LogP contribution is -2.37. The van der Waals surface area contributed by atoms with Gasteiger partial charge in [0.15, 0.2) is 0 Å². The average molecular weight is 470 g/mol. The van der Waals surface area contributed by atoms with Crippen LogP contribution in [-0.2, 0) is 22.6 Å². The number of rotatable bonds is 6. The quantitative estimate of drug-likeness (QED) is 0.639. The molecule has 1 aliphatic rings. The van der Waals surface area contributed by atoms with Gasteiger partial charge in [-0.3, -0.25) is 9.59 Å². The van der Waals surface area contributed by atoms with Gasteiger partial charge < -0.3 is 19.1 Å². The summed E-state index contributed by atoms with van der Waals surface area (Å²) < 4.78 is 5.68. The molecule has 8 nitrogen and oxygen atoms in total. The zero-order chi connectivity index (χ0) is 24.7. The average Bonchev–Trinajstić information content (AvgIpc) is 3.26. The van der Waals surface area contributed by atoms with E-state index in [4.69, 9.17) is 4.42 Å². The normalized spacial score (nSPS) is 16.0. The second-order valence-electron chi connectivity index (χ2n) is 9.93. The maximum atomic E-state index is 13.3. The molecule has 3 rings (SSSR count). The van der Waals surface area contributed by atoms with E-state index in [1.165, 1.54) is 0 Å². The molecule has 0 atom stereocenters. The molecule has 0 saturated carbocycles. The standard InChI is InChI=1S/C26H39N5O3/c1-19(2)17-25(33)31-14-8-13-29(5)15-16-30(18-21-9-6-7-10-22(21)31)24(32)12-11-23-27-28-26(34-23)20(3)4/h6-7,9-10,19-20H,8,11-18H2,1-5H3. The van der Waals surface area contributed by atoms with Gasteiger partial charge in [0, 0.05) is 57.0 Å². The van der Waals surface area contributed by atoms with Crippen LogP contribution >= 0.6 is 0 Å². The predicted molar refractivity (Wildman–Crippen MR) is 132 cm³/mol. The van der Waals surface area contributed by atoms with Crippen molar-refractivity contribution in [2.45, 2.75) is 65.8 Å². The van der Waals surface area contributed by atoms with Gasteiger partial charge in [-0.2, -0.15) is 0 Å². The molecule has 0 fully saturated rings. The zero-order valence-electron chi connectivity index (χ0n) is 21.3.